The Morgan fingerprint density at radius 2 is 1.81 bits per heavy atom. The van der Waals surface area contributed by atoms with Gasteiger partial charge in [-0.3, -0.25) is 9.69 Å². The predicted molar refractivity (Wildman–Crippen MR) is 57.8 cm³/mol. The monoisotopic (exact) mass is 231 g/mol. The molecule has 1 N–H and O–H groups in total. The fourth-order valence-corrected chi connectivity index (χ4v) is 1.38. The van der Waals surface area contributed by atoms with Crippen LogP contribution in [0.4, 0.5) is 5.69 Å². The molecule has 82 valence electrons. The first-order valence-corrected chi connectivity index (χ1v) is 4.61. The summed E-state index contributed by atoms with van der Waals surface area (Å²) in [5.41, 5.74) is 0.597. The van der Waals surface area contributed by atoms with E-state index in [4.69, 9.17) is 5.11 Å². The molecule has 1 atom stereocenters. The summed E-state index contributed by atoms with van der Waals surface area (Å²) in [6.07, 6.45) is 0. The molecule has 0 aliphatic carbocycles. The number of carboxylic acids is 1. The summed E-state index contributed by atoms with van der Waals surface area (Å²) in [5, 5.41) is 8.87. The number of nitrogens with zero attached hydrogens (tertiary/aromatic N) is 1. The van der Waals surface area contributed by atoms with Crippen LogP contribution in [0.1, 0.15) is 15.3 Å². The molecule has 0 bridgehead atoms. The number of hydrogen-bond donors (Lipinski definition) is 1. The Balaban J connectivity index is 0. The van der Waals surface area contributed by atoms with Crippen molar-refractivity contribution in [1.29, 1.82) is 0 Å². The maximum atomic E-state index is 11.4. The molecule has 1 aromatic rings. The van der Waals surface area contributed by atoms with E-state index in [-0.39, 0.29) is 36.9 Å². The van der Waals surface area contributed by atoms with Crippen LogP contribution in [-0.2, 0) is 9.59 Å². The zero-order valence-electron chi connectivity index (χ0n) is 10.7. The van der Waals surface area contributed by atoms with Gasteiger partial charge < -0.3 is 6.53 Å². The van der Waals surface area contributed by atoms with E-state index in [1.165, 1.54) is 18.7 Å². The molecule has 4 nitrogen and oxygen atoms in total. The molecule has 1 amide bonds. The third-order valence-corrected chi connectivity index (χ3v) is 2.12. The third kappa shape index (κ3) is 3.63. The van der Waals surface area contributed by atoms with Crippen molar-refractivity contribution in [2.24, 2.45) is 0 Å². The first-order valence-electron chi connectivity index (χ1n) is 4.61. The Morgan fingerprint density at radius 3 is 2.19 bits per heavy atom. The summed E-state index contributed by atoms with van der Waals surface area (Å²) in [4.78, 5) is 23.4. The number of carbonyl (C=O) groups excluding carboxylic acids is 1. The van der Waals surface area contributed by atoms with Crippen LogP contribution in [0.5, 0.6) is 0 Å². The number of para-hydroxylation sites is 1. The summed E-state index contributed by atoms with van der Waals surface area (Å²) in [6.45, 7) is 2.84. The average Bonchev–Trinajstić information content (AvgIpc) is 2.18. The minimum absolute atomic E-state index is 0. The molecular formula is C11H14NNaO3. The molecule has 1 unspecified atom stereocenters. The largest absolute Gasteiger partial charge is 1.00 e. The Kier molecular flexibility index (Phi) is 6.33. The Morgan fingerprint density at radius 1 is 1.31 bits per heavy atom. The molecule has 0 aliphatic rings. The molecule has 0 aromatic heterocycles. The third-order valence-electron chi connectivity index (χ3n) is 2.12. The molecular weight excluding hydrogens is 217 g/mol. The number of amides is 1. The SMILES string of the molecule is CC(=O)N(c1ccccc1)C(C)C(=O)O.[H-].[Na+]. The number of carbonyl (C=O) groups is 2. The van der Waals surface area contributed by atoms with Gasteiger partial charge in [0.15, 0.2) is 0 Å². The molecule has 0 aliphatic heterocycles. The number of benzene rings is 1. The first kappa shape index (κ1) is 15.2. The molecule has 0 fully saturated rings. The first-order chi connectivity index (χ1) is 7.04. The van der Waals surface area contributed by atoms with Crippen LogP contribution in [0.25, 0.3) is 0 Å². The van der Waals surface area contributed by atoms with Gasteiger partial charge in [-0.2, -0.15) is 0 Å². The summed E-state index contributed by atoms with van der Waals surface area (Å²) in [5.74, 6) is -1.30. The topological polar surface area (TPSA) is 57.6 Å². The standard InChI is InChI=1S/C11H13NO3.Na.H/c1-8(11(14)15)12(9(2)13)10-6-4-3-5-7-10;;/h3-8H,1-2H3,(H,14,15);;/q;+1;-1. The maximum Gasteiger partial charge on any atom is 1.00 e. The number of hydrogen-bond acceptors (Lipinski definition) is 2. The van der Waals surface area contributed by atoms with E-state index in [2.05, 4.69) is 0 Å². The summed E-state index contributed by atoms with van der Waals surface area (Å²) in [7, 11) is 0. The summed E-state index contributed by atoms with van der Waals surface area (Å²) < 4.78 is 0. The van der Waals surface area contributed by atoms with Crippen molar-refractivity contribution >= 4 is 17.6 Å². The van der Waals surface area contributed by atoms with Crippen LogP contribution in [0, 0.1) is 0 Å². The van der Waals surface area contributed by atoms with Crippen molar-refractivity contribution < 1.29 is 45.7 Å². The molecule has 1 rings (SSSR count). The Bertz CT molecular complexity index is 372. The van der Waals surface area contributed by atoms with Gasteiger partial charge in [-0.05, 0) is 19.1 Å². The predicted octanol–water partition coefficient (Wildman–Crippen LogP) is -1.37. The van der Waals surface area contributed by atoms with Crippen molar-refractivity contribution in [2.75, 3.05) is 4.90 Å². The number of rotatable bonds is 3. The van der Waals surface area contributed by atoms with Gasteiger partial charge in [0, 0.05) is 12.6 Å². The average molecular weight is 231 g/mol. The molecule has 5 heteroatoms. The van der Waals surface area contributed by atoms with Crippen molar-refractivity contribution in [2.45, 2.75) is 19.9 Å². The van der Waals surface area contributed by atoms with E-state index < -0.39 is 12.0 Å². The number of anilines is 1. The minimum atomic E-state index is -1.02. The molecule has 0 spiro atoms. The fourth-order valence-electron chi connectivity index (χ4n) is 1.38. The van der Waals surface area contributed by atoms with Gasteiger partial charge in [0.2, 0.25) is 5.91 Å². The van der Waals surface area contributed by atoms with Crippen molar-refractivity contribution in [3.63, 3.8) is 0 Å². The van der Waals surface area contributed by atoms with Crippen LogP contribution < -0.4 is 34.5 Å². The Hall–Kier alpha value is -0.840. The number of carboxylic acid groups (broad SMARTS) is 1. The molecule has 1 aromatic carbocycles. The van der Waals surface area contributed by atoms with Gasteiger partial charge in [-0.1, -0.05) is 18.2 Å². The van der Waals surface area contributed by atoms with Gasteiger partial charge in [0.25, 0.3) is 0 Å². The van der Waals surface area contributed by atoms with Gasteiger partial charge >= 0.3 is 35.5 Å². The molecule has 0 radical (unpaired) electrons. The molecule has 0 heterocycles. The summed E-state index contributed by atoms with van der Waals surface area (Å²) in [6, 6.07) is 7.90. The fraction of sp³-hybridized carbons (Fsp3) is 0.273. The van der Waals surface area contributed by atoms with Crippen LogP contribution in [-0.4, -0.2) is 23.0 Å². The van der Waals surface area contributed by atoms with Crippen LogP contribution in [0.2, 0.25) is 0 Å². The van der Waals surface area contributed by atoms with E-state index in [1.807, 2.05) is 6.07 Å². The number of aliphatic carboxylic acids is 1. The summed E-state index contributed by atoms with van der Waals surface area (Å²) >= 11 is 0. The second-order valence-electron chi connectivity index (χ2n) is 3.24. The second kappa shape index (κ2) is 6.68. The van der Waals surface area contributed by atoms with E-state index in [0.717, 1.165) is 0 Å². The normalized spacial score (nSPS) is 11.1. The molecule has 16 heavy (non-hydrogen) atoms. The zero-order valence-corrected chi connectivity index (χ0v) is 11.7. The quantitative estimate of drug-likeness (QED) is 0.653. The minimum Gasteiger partial charge on any atom is -1.00 e. The van der Waals surface area contributed by atoms with E-state index in [9.17, 15) is 9.59 Å². The van der Waals surface area contributed by atoms with Crippen molar-refractivity contribution in [3.05, 3.63) is 30.3 Å². The van der Waals surface area contributed by atoms with Crippen LogP contribution >= 0.6 is 0 Å². The zero-order chi connectivity index (χ0) is 11.4. The maximum absolute atomic E-state index is 11.4. The smallest absolute Gasteiger partial charge is 1.00 e. The van der Waals surface area contributed by atoms with E-state index in [1.54, 1.807) is 24.3 Å². The van der Waals surface area contributed by atoms with Crippen molar-refractivity contribution in [3.8, 4) is 0 Å². The second-order valence-corrected chi connectivity index (χ2v) is 3.24. The van der Waals surface area contributed by atoms with Crippen LogP contribution in [0.15, 0.2) is 30.3 Å². The van der Waals surface area contributed by atoms with Crippen LogP contribution in [0.3, 0.4) is 0 Å². The molecule has 0 saturated carbocycles. The van der Waals surface area contributed by atoms with Gasteiger partial charge in [-0.15, -0.1) is 0 Å². The van der Waals surface area contributed by atoms with Crippen molar-refractivity contribution in [1.82, 2.24) is 0 Å². The van der Waals surface area contributed by atoms with E-state index >= 15 is 0 Å². The molecule has 0 saturated heterocycles. The Labute approximate surface area is 118 Å². The van der Waals surface area contributed by atoms with Gasteiger partial charge in [-0.25, -0.2) is 4.79 Å². The van der Waals surface area contributed by atoms with Gasteiger partial charge in [0.05, 0.1) is 0 Å². The van der Waals surface area contributed by atoms with E-state index in [0.29, 0.717) is 5.69 Å². The van der Waals surface area contributed by atoms with Gasteiger partial charge in [0.1, 0.15) is 6.04 Å².